The fourth-order valence-corrected chi connectivity index (χ4v) is 3.08. The first-order valence-electron chi connectivity index (χ1n) is 4.72. The Morgan fingerprint density at radius 3 is 2.83 bits per heavy atom. The predicted molar refractivity (Wildman–Crippen MR) is 54.6 cm³/mol. The molecule has 2 N–H and O–H groups in total. The summed E-state index contributed by atoms with van der Waals surface area (Å²) in [6.07, 6.45) is 2.24. The SMILES string of the molecule is CCCNC1(CO)CCSC1C. The normalized spacial score (nSPS) is 35.8. The van der Waals surface area contributed by atoms with Gasteiger partial charge in [0.15, 0.2) is 0 Å². The van der Waals surface area contributed by atoms with Crippen molar-refractivity contribution >= 4 is 11.8 Å². The average Bonchev–Trinajstić information content (AvgIpc) is 2.45. The van der Waals surface area contributed by atoms with Gasteiger partial charge in [0.2, 0.25) is 0 Å². The number of aliphatic hydroxyl groups excluding tert-OH is 1. The molecule has 0 aliphatic carbocycles. The van der Waals surface area contributed by atoms with Crippen molar-refractivity contribution in [2.24, 2.45) is 0 Å². The lowest BCUT2D eigenvalue weighted by molar-refractivity contribution is 0.163. The largest absolute Gasteiger partial charge is 0.394 e. The highest BCUT2D eigenvalue weighted by Gasteiger charge is 2.39. The Morgan fingerprint density at radius 1 is 1.67 bits per heavy atom. The van der Waals surface area contributed by atoms with E-state index in [1.165, 1.54) is 5.75 Å². The summed E-state index contributed by atoms with van der Waals surface area (Å²) in [4.78, 5) is 0. The monoisotopic (exact) mass is 189 g/mol. The van der Waals surface area contributed by atoms with Crippen molar-refractivity contribution in [1.82, 2.24) is 5.32 Å². The van der Waals surface area contributed by atoms with Gasteiger partial charge in [0.25, 0.3) is 0 Å². The van der Waals surface area contributed by atoms with Crippen molar-refractivity contribution in [1.29, 1.82) is 0 Å². The van der Waals surface area contributed by atoms with E-state index >= 15 is 0 Å². The van der Waals surface area contributed by atoms with Crippen LogP contribution in [0.15, 0.2) is 0 Å². The smallest absolute Gasteiger partial charge is 0.0624 e. The average molecular weight is 189 g/mol. The van der Waals surface area contributed by atoms with Gasteiger partial charge in [-0.2, -0.15) is 11.8 Å². The van der Waals surface area contributed by atoms with Crippen molar-refractivity contribution in [2.75, 3.05) is 18.9 Å². The van der Waals surface area contributed by atoms with Crippen LogP contribution in [-0.2, 0) is 0 Å². The summed E-state index contributed by atoms with van der Waals surface area (Å²) < 4.78 is 0. The summed E-state index contributed by atoms with van der Waals surface area (Å²) in [6, 6.07) is 0. The predicted octanol–water partition coefficient (Wildman–Crippen LogP) is 1.24. The van der Waals surface area contributed by atoms with Gasteiger partial charge in [-0.05, 0) is 25.1 Å². The molecule has 0 bridgehead atoms. The molecular formula is C9H19NOS. The summed E-state index contributed by atoms with van der Waals surface area (Å²) in [7, 11) is 0. The zero-order valence-corrected chi connectivity index (χ0v) is 8.78. The summed E-state index contributed by atoms with van der Waals surface area (Å²) in [5, 5.41) is 13.4. The molecule has 12 heavy (non-hydrogen) atoms. The summed E-state index contributed by atoms with van der Waals surface area (Å²) in [6.45, 7) is 5.66. The molecule has 0 aromatic rings. The number of rotatable bonds is 4. The van der Waals surface area contributed by atoms with Gasteiger partial charge in [-0.1, -0.05) is 13.8 Å². The van der Waals surface area contributed by atoms with Crippen LogP contribution in [0.1, 0.15) is 26.7 Å². The van der Waals surface area contributed by atoms with Crippen molar-refractivity contribution in [3.8, 4) is 0 Å². The Balaban J connectivity index is 2.49. The maximum Gasteiger partial charge on any atom is 0.0624 e. The Hall–Kier alpha value is 0.270. The van der Waals surface area contributed by atoms with Crippen LogP contribution in [0.5, 0.6) is 0 Å². The molecule has 0 amide bonds. The molecule has 1 saturated heterocycles. The second-order valence-electron chi connectivity index (χ2n) is 3.50. The summed E-state index contributed by atoms with van der Waals surface area (Å²) in [5.41, 5.74) is 0.0146. The van der Waals surface area contributed by atoms with Gasteiger partial charge in [0.1, 0.15) is 0 Å². The van der Waals surface area contributed by atoms with Crippen LogP contribution in [0.2, 0.25) is 0 Å². The standard InChI is InChI=1S/C9H19NOS/c1-3-5-10-9(7-11)4-6-12-8(9)2/h8,10-11H,3-7H2,1-2H3. The number of aliphatic hydroxyl groups is 1. The molecule has 0 saturated carbocycles. The topological polar surface area (TPSA) is 32.3 Å². The first-order chi connectivity index (χ1) is 5.75. The molecule has 0 spiro atoms. The van der Waals surface area contributed by atoms with E-state index in [-0.39, 0.29) is 12.1 Å². The molecule has 1 rings (SSSR count). The van der Waals surface area contributed by atoms with E-state index in [4.69, 9.17) is 0 Å². The number of hydrogen-bond donors (Lipinski definition) is 2. The zero-order chi connectivity index (χ0) is 9.03. The van der Waals surface area contributed by atoms with Gasteiger partial charge in [0.05, 0.1) is 12.1 Å². The van der Waals surface area contributed by atoms with Gasteiger partial charge in [-0.3, -0.25) is 0 Å². The molecule has 0 aromatic carbocycles. The van der Waals surface area contributed by atoms with E-state index in [0.717, 1.165) is 19.4 Å². The highest BCUT2D eigenvalue weighted by atomic mass is 32.2. The van der Waals surface area contributed by atoms with E-state index in [1.807, 2.05) is 11.8 Å². The third kappa shape index (κ3) is 1.95. The van der Waals surface area contributed by atoms with Crippen LogP contribution in [0.4, 0.5) is 0 Å². The van der Waals surface area contributed by atoms with E-state index in [9.17, 15) is 5.11 Å². The van der Waals surface area contributed by atoms with E-state index in [2.05, 4.69) is 19.2 Å². The number of hydrogen-bond acceptors (Lipinski definition) is 3. The minimum atomic E-state index is 0.0146. The van der Waals surface area contributed by atoms with Gasteiger partial charge < -0.3 is 10.4 Å². The molecule has 1 aliphatic heterocycles. The third-order valence-corrected chi connectivity index (χ3v) is 4.09. The van der Waals surface area contributed by atoms with Crippen LogP contribution < -0.4 is 5.32 Å². The second kappa shape index (κ2) is 4.49. The molecule has 72 valence electrons. The van der Waals surface area contributed by atoms with Crippen molar-refractivity contribution in [3.63, 3.8) is 0 Å². The first kappa shape index (κ1) is 10.4. The molecule has 3 heteroatoms. The van der Waals surface area contributed by atoms with Crippen LogP contribution in [0, 0.1) is 0 Å². The quantitative estimate of drug-likeness (QED) is 0.698. The molecule has 1 fully saturated rings. The van der Waals surface area contributed by atoms with Gasteiger partial charge in [0, 0.05) is 5.25 Å². The molecule has 2 unspecified atom stereocenters. The Labute approximate surface area is 79.1 Å². The molecule has 0 radical (unpaired) electrons. The fourth-order valence-electron chi connectivity index (χ4n) is 1.65. The minimum absolute atomic E-state index is 0.0146. The Kier molecular flexibility index (Phi) is 3.87. The van der Waals surface area contributed by atoms with Crippen molar-refractivity contribution < 1.29 is 5.11 Å². The Bertz CT molecular complexity index is 142. The lowest BCUT2D eigenvalue weighted by Gasteiger charge is -2.32. The van der Waals surface area contributed by atoms with Crippen LogP contribution in [0.3, 0.4) is 0 Å². The van der Waals surface area contributed by atoms with Crippen molar-refractivity contribution in [3.05, 3.63) is 0 Å². The summed E-state index contributed by atoms with van der Waals surface area (Å²) in [5.74, 6) is 1.18. The van der Waals surface area contributed by atoms with Gasteiger partial charge in [-0.25, -0.2) is 0 Å². The lowest BCUT2D eigenvalue weighted by atomic mass is 9.94. The highest BCUT2D eigenvalue weighted by molar-refractivity contribution is 8.00. The van der Waals surface area contributed by atoms with Crippen molar-refractivity contribution in [2.45, 2.75) is 37.5 Å². The molecule has 2 atom stereocenters. The minimum Gasteiger partial charge on any atom is -0.394 e. The lowest BCUT2D eigenvalue weighted by Crippen LogP contribution is -2.52. The maximum absolute atomic E-state index is 9.34. The van der Waals surface area contributed by atoms with Gasteiger partial charge in [-0.15, -0.1) is 0 Å². The maximum atomic E-state index is 9.34. The van der Waals surface area contributed by atoms with Crippen LogP contribution in [0.25, 0.3) is 0 Å². The molecule has 2 nitrogen and oxygen atoms in total. The van der Waals surface area contributed by atoms with Crippen LogP contribution in [-0.4, -0.2) is 34.8 Å². The molecule has 1 aliphatic rings. The van der Waals surface area contributed by atoms with E-state index in [0.29, 0.717) is 5.25 Å². The second-order valence-corrected chi connectivity index (χ2v) is 4.95. The van der Waals surface area contributed by atoms with E-state index in [1.54, 1.807) is 0 Å². The number of thioether (sulfide) groups is 1. The third-order valence-electron chi connectivity index (χ3n) is 2.70. The zero-order valence-electron chi connectivity index (χ0n) is 7.97. The first-order valence-corrected chi connectivity index (χ1v) is 5.77. The fraction of sp³-hybridized carbons (Fsp3) is 1.00. The Morgan fingerprint density at radius 2 is 2.42 bits per heavy atom. The van der Waals surface area contributed by atoms with Gasteiger partial charge >= 0.3 is 0 Å². The highest BCUT2D eigenvalue weighted by Crippen LogP contribution is 2.35. The molecular weight excluding hydrogens is 170 g/mol. The van der Waals surface area contributed by atoms with E-state index < -0.39 is 0 Å². The molecule has 1 heterocycles. The van der Waals surface area contributed by atoms with Crippen LogP contribution >= 0.6 is 11.8 Å². The number of nitrogens with one attached hydrogen (secondary N) is 1. The molecule has 0 aromatic heterocycles. The summed E-state index contributed by atoms with van der Waals surface area (Å²) >= 11 is 1.96.